The summed E-state index contributed by atoms with van der Waals surface area (Å²) in [5.41, 5.74) is -1.17. The minimum atomic E-state index is -4.58. The third kappa shape index (κ3) is 4.36. The molecule has 2 fully saturated rings. The van der Waals surface area contributed by atoms with E-state index in [-0.39, 0.29) is 23.4 Å². The van der Waals surface area contributed by atoms with Crippen LogP contribution in [-0.2, 0) is 10.9 Å². The zero-order valence-corrected chi connectivity index (χ0v) is 13.9. The number of urea groups is 1. The number of hydrogen-bond acceptors (Lipinski definition) is 3. The third-order valence-corrected chi connectivity index (χ3v) is 4.50. The minimum Gasteiger partial charge on any atom is -0.497 e. The van der Waals surface area contributed by atoms with Crippen molar-refractivity contribution in [1.82, 2.24) is 4.90 Å². The van der Waals surface area contributed by atoms with E-state index in [1.165, 1.54) is 19.2 Å². The van der Waals surface area contributed by atoms with Crippen molar-refractivity contribution in [1.29, 1.82) is 0 Å². The second-order valence-corrected chi connectivity index (χ2v) is 6.45. The first-order chi connectivity index (χ1) is 11.9. The molecular formula is C17H21F3N2O3. The van der Waals surface area contributed by atoms with Gasteiger partial charge in [-0.05, 0) is 37.5 Å². The monoisotopic (exact) mass is 358 g/mol. The Balaban J connectivity index is 1.76. The van der Waals surface area contributed by atoms with Gasteiger partial charge < -0.3 is 19.7 Å². The summed E-state index contributed by atoms with van der Waals surface area (Å²) < 4.78 is 50.0. The van der Waals surface area contributed by atoms with Crippen molar-refractivity contribution in [2.24, 2.45) is 5.92 Å². The highest BCUT2D eigenvalue weighted by Gasteiger charge is 2.37. The molecule has 3 rings (SSSR count). The van der Waals surface area contributed by atoms with Crippen LogP contribution in [0.2, 0.25) is 0 Å². The molecule has 1 aliphatic heterocycles. The van der Waals surface area contributed by atoms with Gasteiger partial charge in [0.2, 0.25) is 0 Å². The van der Waals surface area contributed by atoms with Gasteiger partial charge in [-0.3, -0.25) is 0 Å². The predicted octanol–water partition coefficient (Wildman–Crippen LogP) is 3.75. The number of methoxy groups -OCH3 is 1. The summed E-state index contributed by atoms with van der Waals surface area (Å²) in [6, 6.07) is 3.13. The number of ether oxygens (including phenoxy) is 2. The summed E-state index contributed by atoms with van der Waals surface area (Å²) in [6.45, 7) is 1.77. The van der Waals surface area contributed by atoms with E-state index in [2.05, 4.69) is 5.32 Å². The highest BCUT2D eigenvalue weighted by molar-refractivity contribution is 5.91. The largest absolute Gasteiger partial charge is 0.497 e. The van der Waals surface area contributed by atoms with Gasteiger partial charge in [0.05, 0.1) is 25.0 Å². The Bertz CT molecular complexity index is 626. The average molecular weight is 358 g/mol. The van der Waals surface area contributed by atoms with E-state index in [1.807, 2.05) is 0 Å². The lowest BCUT2D eigenvalue weighted by atomic mass is 10.1. The molecule has 1 aliphatic carbocycles. The summed E-state index contributed by atoms with van der Waals surface area (Å²) in [5.74, 6) is 0.330. The van der Waals surface area contributed by atoms with Crippen LogP contribution in [0.25, 0.3) is 0 Å². The molecule has 0 bridgehead atoms. The quantitative estimate of drug-likeness (QED) is 0.872. The number of alkyl halides is 3. The Morgan fingerprint density at radius 1 is 1.36 bits per heavy atom. The topological polar surface area (TPSA) is 50.8 Å². The molecule has 1 aromatic carbocycles. The SMILES string of the molecule is COc1ccc(NC(=O)N(CC2CCOC2)C2CC2)c(C(F)(F)F)c1. The lowest BCUT2D eigenvalue weighted by Crippen LogP contribution is -2.40. The second-order valence-electron chi connectivity index (χ2n) is 6.45. The van der Waals surface area contributed by atoms with Gasteiger partial charge in [-0.2, -0.15) is 13.2 Å². The van der Waals surface area contributed by atoms with E-state index in [4.69, 9.17) is 9.47 Å². The zero-order chi connectivity index (χ0) is 18.0. The van der Waals surface area contributed by atoms with Crippen LogP contribution in [-0.4, -0.2) is 43.8 Å². The Morgan fingerprint density at radius 2 is 2.12 bits per heavy atom. The van der Waals surface area contributed by atoms with Crippen LogP contribution < -0.4 is 10.1 Å². The summed E-state index contributed by atoms with van der Waals surface area (Å²) in [6.07, 6.45) is -1.95. The number of nitrogens with zero attached hydrogens (tertiary/aromatic N) is 1. The fourth-order valence-corrected chi connectivity index (χ4v) is 2.97. The van der Waals surface area contributed by atoms with Gasteiger partial charge >= 0.3 is 12.2 Å². The first-order valence-corrected chi connectivity index (χ1v) is 8.29. The minimum absolute atomic E-state index is 0.0903. The molecule has 1 N–H and O–H groups in total. The summed E-state index contributed by atoms with van der Waals surface area (Å²) in [7, 11) is 1.30. The molecule has 2 amide bonds. The third-order valence-electron chi connectivity index (χ3n) is 4.50. The Morgan fingerprint density at radius 3 is 2.68 bits per heavy atom. The van der Waals surface area contributed by atoms with E-state index >= 15 is 0 Å². The van der Waals surface area contributed by atoms with Gasteiger partial charge in [-0.25, -0.2) is 4.79 Å². The van der Waals surface area contributed by atoms with Crippen LogP contribution in [0, 0.1) is 5.92 Å². The molecule has 0 aromatic heterocycles. The number of hydrogen-bond donors (Lipinski definition) is 1. The van der Waals surface area contributed by atoms with E-state index in [9.17, 15) is 18.0 Å². The van der Waals surface area contributed by atoms with E-state index in [1.54, 1.807) is 4.90 Å². The van der Waals surface area contributed by atoms with Gasteiger partial charge in [-0.15, -0.1) is 0 Å². The number of rotatable bonds is 5. The van der Waals surface area contributed by atoms with Gasteiger partial charge in [0.15, 0.2) is 0 Å². The summed E-state index contributed by atoms with van der Waals surface area (Å²) in [4.78, 5) is 14.2. The van der Waals surface area contributed by atoms with Gasteiger partial charge in [0.25, 0.3) is 0 Å². The molecule has 0 spiro atoms. The van der Waals surface area contributed by atoms with E-state index < -0.39 is 17.8 Å². The first-order valence-electron chi connectivity index (χ1n) is 8.29. The standard InChI is InChI=1S/C17H21F3N2O3/c1-24-13-4-5-15(14(8-13)17(18,19)20)21-16(23)22(12-2-3-12)9-11-6-7-25-10-11/h4-5,8,11-12H,2-3,6-7,9-10H2,1H3,(H,21,23). The van der Waals surface area contributed by atoms with Crippen LogP contribution in [0.4, 0.5) is 23.7 Å². The molecule has 1 saturated heterocycles. The lowest BCUT2D eigenvalue weighted by molar-refractivity contribution is -0.137. The predicted molar refractivity (Wildman–Crippen MR) is 85.7 cm³/mol. The number of amides is 2. The Labute approximate surface area is 144 Å². The maximum absolute atomic E-state index is 13.3. The molecule has 2 aliphatic rings. The molecule has 1 atom stereocenters. The number of nitrogens with one attached hydrogen (secondary N) is 1. The number of carbonyl (C=O) groups is 1. The number of halogens is 3. The zero-order valence-electron chi connectivity index (χ0n) is 13.9. The molecule has 0 radical (unpaired) electrons. The van der Waals surface area contributed by atoms with E-state index in [0.29, 0.717) is 19.8 Å². The van der Waals surface area contributed by atoms with Crippen LogP contribution in [0.5, 0.6) is 5.75 Å². The molecule has 1 heterocycles. The van der Waals surface area contributed by atoms with Crippen molar-refractivity contribution in [2.45, 2.75) is 31.5 Å². The number of carbonyl (C=O) groups excluding carboxylic acids is 1. The molecule has 1 aromatic rings. The highest BCUT2D eigenvalue weighted by Crippen LogP contribution is 2.38. The van der Waals surface area contributed by atoms with Crippen molar-refractivity contribution < 1.29 is 27.4 Å². The van der Waals surface area contributed by atoms with Crippen molar-refractivity contribution in [3.63, 3.8) is 0 Å². The smallest absolute Gasteiger partial charge is 0.418 e. The maximum atomic E-state index is 13.3. The van der Waals surface area contributed by atoms with Crippen LogP contribution in [0.15, 0.2) is 18.2 Å². The van der Waals surface area contributed by atoms with Crippen LogP contribution in [0.1, 0.15) is 24.8 Å². The summed E-state index contributed by atoms with van der Waals surface area (Å²) in [5, 5.41) is 2.43. The van der Waals surface area contributed by atoms with Crippen molar-refractivity contribution in [3.8, 4) is 5.75 Å². The fourth-order valence-electron chi connectivity index (χ4n) is 2.97. The normalized spacial score (nSPS) is 20.4. The van der Waals surface area contributed by atoms with Gasteiger partial charge in [0, 0.05) is 25.1 Å². The lowest BCUT2D eigenvalue weighted by Gasteiger charge is -2.26. The first kappa shape index (κ1) is 17.8. The average Bonchev–Trinajstić information content (AvgIpc) is 3.27. The fraction of sp³-hybridized carbons (Fsp3) is 0.588. The maximum Gasteiger partial charge on any atom is 0.418 e. The van der Waals surface area contributed by atoms with Gasteiger partial charge in [-0.1, -0.05) is 0 Å². The Kier molecular flexibility index (Phi) is 5.08. The van der Waals surface area contributed by atoms with Crippen molar-refractivity contribution in [2.75, 3.05) is 32.2 Å². The highest BCUT2D eigenvalue weighted by atomic mass is 19.4. The number of anilines is 1. The molecular weight excluding hydrogens is 337 g/mol. The van der Waals surface area contributed by atoms with Crippen molar-refractivity contribution in [3.05, 3.63) is 23.8 Å². The molecule has 5 nitrogen and oxygen atoms in total. The number of benzene rings is 1. The molecule has 1 unspecified atom stereocenters. The van der Waals surface area contributed by atoms with E-state index in [0.717, 1.165) is 25.3 Å². The second kappa shape index (κ2) is 7.11. The summed E-state index contributed by atoms with van der Waals surface area (Å²) >= 11 is 0. The van der Waals surface area contributed by atoms with Crippen LogP contribution >= 0.6 is 0 Å². The van der Waals surface area contributed by atoms with Gasteiger partial charge in [0.1, 0.15) is 5.75 Å². The molecule has 8 heteroatoms. The van der Waals surface area contributed by atoms with Crippen LogP contribution in [0.3, 0.4) is 0 Å². The Hall–Kier alpha value is -1.96. The molecule has 138 valence electrons. The van der Waals surface area contributed by atoms with Crippen molar-refractivity contribution >= 4 is 11.7 Å². The molecule has 1 saturated carbocycles. The molecule has 25 heavy (non-hydrogen) atoms.